The zero-order valence-electron chi connectivity index (χ0n) is 10.4. The molecule has 0 bridgehead atoms. The van der Waals surface area contributed by atoms with Crippen molar-refractivity contribution in [2.24, 2.45) is 0 Å². The number of carboxylic acid groups (broad SMARTS) is 1. The number of carboxylic acids is 1. The Morgan fingerprint density at radius 3 is 2.39 bits per heavy atom. The van der Waals surface area contributed by atoms with Gasteiger partial charge in [-0.2, -0.15) is 0 Å². The summed E-state index contributed by atoms with van der Waals surface area (Å²) in [5.41, 5.74) is -0.178. The first kappa shape index (κ1) is 14.7. The third-order valence-corrected chi connectivity index (χ3v) is 3.05. The second kappa shape index (κ2) is 5.49. The number of benzene rings is 1. The van der Waals surface area contributed by atoms with Gasteiger partial charge in [0.1, 0.15) is 0 Å². The maximum atomic E-state index is 11.9. The summed E-state index contributed by atoms with van der Waals surface area (Å²) in [6.45, 7) is 3.47. The van der Waals surface area contributed by atoms with Gasteiger partial charge in [0, 0.05) is 10.2 Å². The molecule has 0 radical (unpaired) electrons. The Balaban J connectivity index is 2.98. The van der Waals surface area contributed by atoms with Crippen LogP contribution < -0.4 is 10.6 Å². The topological polar surface area (TPSA) is 78.4 Å². The lowest BCUT2D eigenvalue weighted by molar-refractivity contribution is -0.121. The Hall–Kier alpha value is -1.40. The monoisotopic (exact) mass is 314 g/mol. The van der Waals surface area contributed by atoms with Crippen molar-refractivity contribution in [2.45, 2.75) is 19.4 Å². The third kappa shape index (κ3) is 3.54. The van der Waals surface area contributed by atoms with Crippen LogP contribution in [0.4, 0.5) is 5.69 Å². The fraction of sp³-hybridized carbons (Fsp3) is 0.333. The Kier molecular flexibility index (Phi) is 4.48. The standard InChI is InChI=1S/C12H15BrN2O3/c1-12(2,14-3)11(18)15-9-5-7(10(16)17)4-8(13)6-9/h4-6,14H,1-3H3,(H,15,18)(H,16,17). The van der Waals surface area contributed by atoms with Crippen LogP contribution in [0.25, 0.3) is 0 Å². The molecule has 0 heterocycles. The molecule has 0 saturated carbocycles. The maximum Gasteiger partial charge on any atom is 0.335 e. The molecule has 1 amide bonds. The average molecular weight is 315 g/mol. The van der Waals surface area contributed by atoms with Crippen LogP contribution in [0, 0.1) is 0 Å². The predicted molar refractivity (Wildman–Crippen MR) is 72.9 cm³/mol. The van der Waals surface area contributed by atoms with E-state index in [1.807, 2.05) is 0 Å². The highest BCUT2D eigenvalue weighted by molar-refractivity contribution is 9.10. The zero-order chi connectivity index (χ0) is 13.9. The number of hydrogen-bond donors (Lipinski definition) is 3. The zero-order valence-corrected chi connectivity index (χ0v) is 12.0. The molecule has 1 aromatic rings. The summed E-state index contributed by atoms with van der Waals surface area (Å²) in [5.74, 6) is -1.28. The number of carbonyl (C=O) groups is 2. The fourth-order valence-electron chi connectivity index (χ4n) is 1.19. The highest BCUT2D eigenvalue weighted by Gasteiger charge is 2.25. The van der Waals surface area contributed by atoms with Gasteiger partial charge in [0.25, 0.3) is 0 Å². The van der Waals surface area contributed by atoms with Crippen molar-refractivity contribution >= 4 is 33.5 Å². The Labute approximate surface area is 114 Å². The highest BCUT2D eigenvalue weighted by atomic mass is 79.9. The van der Waals surface area contributed by atoms with Crippen molar-refractivity contribution in [3.05, 3.63) is 28.2 Å². The molecule has 3 N–H and O–H groups in total. The van der Waals surface area contributed by atoms with Crippen LogP contribution in [-0.2, 0) is 4.79 Å². The van der Waals surface area contributed by atoms with E-state index in [-0.39, 0.29) is 11.5 Å². The average Bonchev–Trinajstić information content (AvgIpc) is 2.28. The van der Waals surface area contributed by atoms with Gasteiger partial charge in [0.2, 0.25) is 5.91 Å². The van der Waals surface area contributed by atoms with Gasteiger partial charge in [-0.3, -0.25) is 4.79 Å². The first-order valence-electron chi connectivity index (χ1n) is 5.30. The molecule has 5 nitrogen and oxygen atoms in total. The van der Waals surface area contributed by atoms with Crippen LogP contribution in [0.2, 0.25) is 0 Å². The molecule has 1 rings (SSSR count). The van der Waals surface area contributed by atoms with Crippen molar-refractivity contribution in [3.8, 4) is 0 Å². The lowest BCUT2D eigenvalue weighted by atomic mass is 10.0. The fourth-order valence-corrected chi connectivity index (χ4v) is 1.68. The number of hydrogen-bond acceptors (Lipinski definition) is 3. The van der Waals surface area contributed by atoms with E-state index in [0.717, 1.165) is 0 Å². The Morgan fingerprint density at radius 2 is 1.89 bits per heavy atom. The largest absolute Gasteiger partial charge is 0.478 e. The van der Waals surface area contributed by atoms with Crippen molar-refractivity contribution in [2.75, 3.05) is 12.4 Å². The molecule has 6 heteroatoms. The number of likely N-dealkylation sites (N-methyl/N-ethyl adjacent to an activating group) is 1. The molecular weight excluding hydrogens is 300 g/mol. The second-order valence-corrected chi connectivity index (χ2v) is 5.28. The minimum Gasteiger partial charge on any atom is -0.478 e. The molecular formula is C12H15BrN2O3. The normalized spacial score (nSPS) is 11.1. The van der Waals surface area contributed by atoms with Gasteiger partial charge in [0.05, 0.1) is 11.1 Å². The number of halogens is 1. The van der Waals surface area contributed by atoms with E-state index < -0.39 is 11.5 Å². The number of carbonyl (C=O) groups excluding carboxylic acids is 1. The summed E-state index contributed by atoms with van der Waals surface area (Å²) >= 11 is 3.21. The quantitative estimate of drug-likeness (QED) is 0.795. The SMILES string of the molecule is CNC(C)(C)C(=O)Nc1cc(Br)cc(C(=O)O)c1. The number of anilines is 1. The Morgan fingerprint density at radius 1 is 1.28 bits per heavy atom. The number of amides is 1. The van der Waals surface area contributed by atoms with Gasteiger partial charge in [0.15, 0.2) is 0 Å². The van der Waals surface area contributed by atoms with Gasteiger partial charge in [-0.1, -0.05) is 15.9 Å². The molecule has 0 aliphatic heterocycles. The van der Waals surface area contributed by atoms with E-state index >= 15 is 0 Å². The molecule has 0 unspecified atom stereocenters. The van der Waals surface area contributed by atoms with Crippen LogP contribution in [0.15, 0.2) is 22.7 Å². The molecule has 0 saturated heterocycles. The van der Waals surface area contributed by atoms with Crippen LogP contribution in [0.3, 0.4) is 0 Å². The van der Waals surface area contributed by atoms with Gasteiger partial charge >= 0.3 is 5.97 Å². The summed E-state index contributed by atoms with van der Waals surface area (Å²) in [7, 11) is 1.68. The van der Waals surface area contributed by atoms with E-state index in [2.05, 4.69) is 26.6 Å². The van der Waals surface area contributed by atoms with E-state index in [4.69, 9.17) is 5.11 Å². The summed E-state index contributed by atoms with van der Waals surface area (Å²) in [6, 6.07) is 4.54. The maximum absolute atomic E-state index is 11.9. The van der Waals surface area contributed by atoms with Crippen molar-refractivity contribution < 1.29 is 14.7 Å². The molecule has 0 aliphatic carbocycles. The van der Waals surface area contributed by atoms with Gasteiger partial charge in [-0.25, -0.2) is 4.79 Å². The summed E-state index contributed by atoms with van der Waals surface area (Å²) in [4.78, 5) is 22.8. The third-order valence-electron chi connectivity index (χ3n) is 2.60. The molecule has 0 aliphatic rings. The molecule has 0 spiro atoms. The van der Waals surface area contributed by atoms with Gasteiger partial charge in [-0.05, 0) is 39.1 Å². The second-order valence-electron chi connectivity index (χ2n) is 4.36. The van der Waals surface area contributed by atoms with Crippen LogP contribution in [0.5, 0.6) is 0 Å². The van der Waals surface area contributed by atoms with Crippen LogP contribution >= 0.6 is 15.9 Å². The van der Waals surface area contributed by atoms with Crippen molar-refractivity contribution in [3.63, 3.8) is 0 Å². The van der Waals surface area contributed by atoms with Gasteiger partial charge in [-0.15, -0.1) is 0 Å². The molecule has 0 aromatic heterocycles. The Bertz CT molecular complexity index is 486. The van der Waals surface area contributed by atoms with E-state index in [9.17, 15) is 9.59 Å². The summed E-state index contributed by atoms with van der Waals surface area (Å²) < 4.78 is 0.597. The summed E-state index contributed by atoms with van der Waals surface area (Å²) in [5, 5.41) is 14.5. The van der Waals surface area contributed by atoms with E-state index in [0.29, 0.717) is 10.2 Å². The predicted octanol–water partition coefficient (Wildman–Crippen LogP) is 2.08. The number of aromatic carboxylic acids is 1. The molecule has 98 valence electrons. The number of nitrogens with one attached hydrogen (secondary N) is 2. The summed E-state index contributed by atoms with van der Waals surface area (Å²) in [6.07, 6.45) is 0. The first-order valence-corrected chi connectivity index (χ1v) is 6.10. The van der Waals surface area contributed by atoms with Crippen molar-refractivity contribution in [1.29, 1.82) is 0 Å². The minimum atomic E-state index is -1.04. The lowest BCUT2D eigenvalue weighted by Gasteiger charge is -2.22. The minimum absolute atomic E-state index is 0.113. The highest BCUT2D eigenvalue weighted by Crippen LogP contribution is 2.20. The first-order chi connectivity index (χ1) is 8.26. The number of rotatable bonds is 4. The van der Waals surface area contributed by atoms with Crippen LogP contribution in [0.1, 0.15) is 24.2 Å². The molecule has 0 fully saturated rings. The smallest absolute Gasteiger partial charge is 0.335 e. The molecule has 18 heavy (non-hydrogen) atoms. The van der Waals surface area contributed by atoms with Gasteiger partial charge < -0.3 is 15.7 Å². The van der Waals surface area contributed by atoms with Crippen LogP contribution in [-0.4, -0.2) is 29.6 Å². The lowest BCUT2D eigenvalue weighted by Crippen LogP contribution is -2.47. The van der Waals surface area contributed by atoms with E-state index in [1.165, 1.54) is 12.1 Å². The molecule has 0 atom stereocenters. The van der Waals surface area contributed by atoms with Crippen molar-refractivity contribution in [1.82, 2.24) is 5.32 Å². The van der Waals surface area contributed by atoms with E-state index in [1.54, 1.807) is 27.0 Å². The molecule has 1 aromatic carbocycles.